The molecule has 0 aromatic carbocycles. The van der Waals surface area contributed by atoms with Crippen LogP contribution in [0.3, 0.4) is 0 Å². The van der Waals surface area contributed by atoms with Crippen molar-refractivity contribution in [1.82, 2.24) is 4.90 Å². The third kappa shape index (κ3) is 3.67. The molecule has 2 aliphatic rings. The maximum atomic E-state index is 6.37. The van der Waals surface area contributed by atoms with E-state index in [4.69, 9.17) is 10.5 Å². The van der Waals surface area contributed by atoms with Crippen LogP contribution in [0.2, 0.25) is 0 Å². The second kappa shape index (κ2) is 6.17. The van der Waals surface area contributed by atoms with Gasteiger partial charge in [0.15, 0.2) is 0 Å². The lowest BCUT2D eigenvalue weighted by molar-refractivity contribution is -0.0701. The largest absolute Gasteiger partial charge is 0.370 e. The molecule has 1 atom stereocenters. The van der Waals surface area contributed by atoms with Gasteiger partial charge >= 0.3 is 0 Å². The van der Waals surface area contributed by atoms with Gasteiger partial charge in [0.1, 0.15) is 0 Å². The summed E-state index contributed by atoms with van der Waals surface area (Å²) in [6.45, 7) is 2.98. The molecule has 100 valence electrons. The van der Waals surface area contributed by atoms with Crippen molar-refractivity contribution >= 4 is 0 Å². The summed E-state index contributed by atoms with van der Waals surface area (Å²) < 4.78 is 6.37. The van der Waals surface area contributed by atoms with Crippen LogP contribution in [-0.2, 0) is 4.74 Å². The van der Waals surface area contributed by atoms with E-state index < -0.39 is 0 Å². The van der Waals surface area contributed by atoms with Gasteiger partial charge < -0.3 is 15.4 Å². The number of hydrogen-bond donors (Lipinski definition) is 1. The van der Waals surface area contributed by atoms with E-state index in [2.05, 4.69) is 11.9 Å². The van der Waals surface area contributed by atoms with Crippen molar-refractivity contribution in [1.29, 1.82) is 0 Å². The van der Waals surface area contributed by atoms with Crippen LogP contribution < -0.4 is 5.73 Å². The molecule has 1 spiro atoms. The molecule has 1 saturated heterocycles. The smallest absolute Gasteiger partial charge is 0.0710 e. The fourth-order valence-corrected chi connectivity index (χ4v) is 3.39. The fourth-order valence-electron chi connectivity index (χ4n) is 3.39. The van der Waals surface area contributed by atoms with E-state index in [1.165, 1.54) is 44.9 Å². The summed E-state index contributed by atoms with van der Waals surface area (Å²) in [4.78, 5) is 2.37. The number of rotatable bonds is 5. The Balaban J connectivity index is 1.73. The van der Waals surface area contributed by atoms with Crippen molar-refractivity contribution in [2.45, 2.75) is 63.1 Å². The van der Waals surface area contributed by atoms with Crippen molar-refractivity contribution in [3.63, 3.8) is 0 Å². The Labute approximate surface area is 106 Å². The molecule has 2 rings (SSSR count). The standard InChI is InChI=1S/C14H28N2O/c1-16(11-5-10-15)12-13-6-9-14(17-13)7-3-2-4-8-14/h13H,2-12,15H2,1H3. The lowest BCUT2D eigenvalue weighted by Gasteiger charge is -2.34. The summed E-state index contributed by atoms with van der Waals surface area (Å²) in [7, 11) is 2.19. The zero-order valence-corrected chi connectivity index (χ0v) is 11.3. The molecule has 17 heavy (non-hydrogen) atoms. The summed E-state index contributed by atoms with van der Waals surface area (Å²) in [5.41, 5.74) is 5.81. The van der Waals surface area contributed by atoms with Crippen LogP contribution >= 0.6 is 0 Å². The van der Waals surface area contributed by atoms with Crippen LogP contribution in [0.15, 0.2) is 0 Å². The lowest BCUT2D eigenvalue weighted by Crippen LogP contribution is -2.35. The highest BCUT2D eigenvalue weighted by atomic mass is 16.5. The lowest BCUT2D eigenvalue weighted by atomic mass is 9.83. The van der Waals surface area contributed by atoms with E-state index in [-0.39, 0.29) is 5.60 Å². The van der Waals surface area contributed by atoms with Gasteiger partial charge in [-0.15, -0.1) is 0 Å². The van der Waals surface area contributed by atoms with Gasteiger partial charge in [0.25, 0.3) is 0 Å². The molecular weight excluding hydrogens is 212 g/mol. The first-order valence-corrected chi connectivity index (χ1v) is 7.30. The molecule has 1 heterocycles. The first kappa shape index (κ1) is 13.3. The zero-order valence-electron chi connectivity index (χ0n) is 11.3. The molecule has 1 aliphatic heterocycles. The van der Waals surface area contributed by atoms with Crippen LogP contribution in [0, 0.1) is 0 Å². The van der Waals surface area contributed by atoms with Crippen LogP contribution in [0.25, 0.3) is 0 Å². The molecule has 1 saturated carbocycles. The van der Waals surface area contributed by atoms with E-state index in [0.717, 1.165) is 26.1 Å². The first-order valence-electron chi connectivity index (χ1n) is 7.30. The normalized spacial score (nSPS) is 28.1. The molecule has 1 unspecified atom stereocenters. The number of nitrogens with two attached hydrogens (primary N) is 1. The monoisotopic (exact) mass is 240 g/mol. The van der Waals surface area contributed by atoms with Crippen molar-refractivity contribution < 1.29 is 4.74 Å². The van der Waals surface area contributed by atoms with E-state index in [0.29, 0.717) is 6.10 Å². The Morgan fingerprint density at radius 1 is 1.24 bits per heavy atom. The maximum absolute atomic E-state index is 6.37. The molecule has 2 fully saturated rings. The zero-order chi connectivity index (χ0) is 12.1. The van der Waals surface area contributed by atoms with Gasteiger partial charge in [-0.2, -0.15) is 0 Å². The predicted octanol–water partition coefficient (Wildman–Crippen LogP) is 2.15. The second-order valence-corrected chi connectivity index (χ2v) is 5.93. The number of likely N-dealkylation sites (N-methyl/N-ethyl adjacent to an activating group) is 1. The highest BCUT2D eigenvalue weighted by molar-refractivity contribution is 4.91. The van der Waals surface area contributed by atoms with Gasteiger partial charge in [-0.25, -0.2) is 0 Å². The van der Waals surface area contributed by atoms with Gasteiger partial charge in [-0.3, -0.25) is 0 Å². The van der Waals surface area contributed by atoms with Gasteiger partial charge in [-0.1, -0.05) is 19.3 Å². The molecule has 3 heteroatoms. The van der Waals surface area contributed by atoms with Crippen molar-refractivity contribution in [3.05, 3.63) is 0 Å². The van der Waals surface area contributed by atoms with Gasteiger partial charge in [-0.05, 0) is 52.2 Å². The van der Waals surface area contributed by atoms with Gasteiger partial charge in [0.2, 0.25) is 0 Å². The highest BCUT2D eigenvalue weighted by Gasteiger charge is 2.40. The van der Waals surface area contributed by atoms with Crippen molar-refractivity contribution in [2.75, 3.05) is 26.7 Å². The third-order valence-electron chi connectivity index (χ3n) is 4.36. The quantitative estimate of drug-likeness (QED) is 0.800. The summed E-state index contributed by atoms with van der Waals surface area (Å²) >= 11 is 0. The molecule has 0 amide bonds. The number of hydrogen-bond acceptors (Lipinski definition) is 3. The molecule has 2 N–H and O–H groups in total. The van der Waals surface area contributed by atoms with Crippen LogP contribution in [0.4, 0.5) is 0 Å². The molecule has 0 bridgehead atoms. The minimum absolute atomic E-state index is 0.275. The van der Waals surface area contributed by atoms with Crippen molar-refractivity contribution in [3.8, 4) is 0 Å². The van der Waals surface area contributed by atoms with Crippen LogP contribution in [0.5, 0.6) is 0 Å². The summed E-state index contributed by atoms with van der Waals surface area (Å²) in [6.07, 6.45) is 10.9. The minimum Gasteiger partial charge on any atom is -0.370 e. The maximum Gasteiger partial charge on any atom is 0.0710 e. The Hall–Kier alpha value is -0.120. The summed E-state index contributed by atoms with van der Waals surface area (Å²) in [5, 5.41) is 0. The molecule has 0 radical (unpaired) electrons. The molecule has 1 aliphatic carbocycles. The topological polar surface area (TPSA) is 38.5 Å². The molecule has 0 aromatic heterocycles. The Morgan fingerprint density at radius 2 is 2.00 bits per heavy atom. The average Bonchev–Trinajstić information content (AvgIpc) is 2.70. The van der Waals surface area contributed by atoms with E-state index >= 15 is 0 Å². The Morgan fingerprint density at radius 3 is 2.71 bits per heavy atom. The van der Waals surface area contributed by atoms with E-state index in [1.54, 1.807) is 0 Å². The van der Waals surface area contributed by atoms with Gasteiger partial charge in [0, 0.05) is 6.54 Å². The SMILES string of the molecule is CN(CCCN)CC1CCC2(CCCCC2)O1. The average molecular weight is 240 g/mol. The highest BCUT2D eigenvalue weighted by Crippen LogP contribution is 2.41. The third-order valence-corrected chi connectivity index (χ3v) is 4.36. The Bertz CT molecular complexity index is 226. The van der Waals surface area contributed by atoms with Crippen molar-refractivity contribution in [2.24, 2.45) is 5.73 Å². The molecular formula is C14H28N2O. The minimum atomic E-state index is 0.275. The second-order valence-electron chi connectivity index (χ2n) is 5.93. The number of nitrogens with zero attached hydrogens (tertiary/aromatic N) is 1. The van der Waals surface area contributed by atoms with Gasteiger partial charge in [0.05, 0.1) is 11.7 Å². The summed E-state index contributed by atoms with van der Waals surface area (Å²) in [6, 6.07) is 0. The summed E-state index contributed by atoms with van der Waals surface area (Å²) in [5.74, 6) is 0. The molecule has 3 nitrogen and oxygen atoms in total. The van der Waals surface area contributed by atoms with E-state index in [9.17, 15) is 0 Å². The first-order chi connectivity index (χ1) is 8.24. The number of ether oxygens (including phenoxy) is 1. The van der Waals surface area contributed by atoms with Crippen LogP contribution in [0.1, 0.15) is 51.4 Å². The van der Waals surface area contributed by atoms with Crippen LogP contribution in [-0.4, -0.2) is 43.3 Å². The van der Waals surface area contributed by atoms with E-state index in [1.807, 2.05) is 0 Å². The Kier molecular flexibility index (Phi) is 4.83. The fraction of sp³-hybridized carbons (Fsp3) is 1.00. The molecule has 0 aromatic rings. The predicted molar refractivity (Wildman–Crippen MR) is 71.1 cm³/mol.